The SMILES string of the molecule is CSC1(CNCc2ccc(C(C)C(=O)O)cc2)CCCC1. The van der Waals surface area contributed by atoms with Gasteiger partial charge in [0, 0.05) is 17.8 Å². The van der Waals surface area contributed by atoms with Crippen LogP contribution >= 0.6 is 11.8 Å². The summed E-state index contributed by atoms with van der Waals surface area (Å²) in [5.74, 6) is -1.21. The number of nitrogens with one attached hydrogen (secondary N) is 1. The van der Waals surface area contributed by atoms with Gasteiger partial charge in [0.2, 0.25) is 0 Å². The van der Waals surface area contributed by atoms with Crippen LogP contribution in [0.15, 0.2) is 24.3 Å². The topological polar surface area (TPSA) is 49.3 Å². The van der Waals surface area contributed by atoms with E-state index in [1.54, 1.807) is 6.92 Å². The third kappa shape index (κ3) is 4.24. The second kappa shape index (κ2) is 7.32. The largest absolute Gasteiger partial charge is 0.481 e. The van der Waals surface area contributed by atoms with Crippen molar-refractivity contribution >= 4 is 17.7 Å². The molecule has 1 atom stereocenters. The van der Waals surface area contributed by atoms with Gasteiger partial charge in [-0.2, -0.15) is 11.8 Å². The van der Waals surface area contributed by atoms with Crippen molar-refractivity contribution in [2.75, 3.05) is 12.8 Å². The molecule has 0 saturated heterocycles. The van der Waals surface area contributed by atoms with Gasteiger partial charge in [-0.15, -0.1) is 0 Å². The minimum Gasteiger partial charge on any atom is -0.481 e. The Bertz CT molecular complexity index is 466. The number of rotatable bonds is 7. The van der Waals surface area contributed by atoms with Gasteiger partial charge in [0.1, 0.15) is 0 Å². The summed E-state index contributed by atoms with van der Waals surface area (Å²) in [6.07, 6.45) is 7.55. The number of carbonyl (C=O) groups is 1. The molecule has 1 unspecified atom stereocenters. The smallest absolute Gasteiger partial charge is 0.310 e. The van der Waals surface area contributed by atoms with Crippen molar-refractivity contribution in [2.24, 2.45) is 0 Å². The zero-order valence-electron chi connectivity index (χ0n) is 12.9. The first-order valence-electron chi connectivity index (χ1n) is 7.64. The second-order valence-electron chi connectivity index (χ2n) is 6.00. The monoisotopic (exact) mass is 307 g/mol. The van der Waals surface area contributed by atoms with Gasteiger partial charge in [0.05, 0.1) is 5.92 Å². The number of benzene rings is 1. The van der Waals surface area contributed by atoms with E-state index in [1.807, 2.05) is 36.0 Å². The van der Waals surface area contributed by atoms with Gasteiger partial charge in [-0.1, -0.05) is 37.1 Å². The van der Waals surface area contributed by atoms with E-state index in [0.717, 1.165) is 18.7 Å². The molecule has 0 aromatic heterocycles. The fraction of sp³-hybridized carbons (Fsp3) is 0.588. The van der Waals surface area contributed by atoms with Crippen LogP contribution < -0.4 is 5.32 Å². The average molecular weight is 307 g/mol. The zero-order valence-corrected chi connectivity index (χ0v) is 13.7. The molecule has 0 amide bonds. The highest BCUT2D eigenvalue weighted by Gasteiger charge is 2.32. The van der Waals surface area contributed by atoms with E-state index in [9.17, 15) is 4.79 Å². The maximum absolute atomic E-state index is 11.0. The highest BCUT2D eigenvalue weighted by molar-refractivity contribution is 8.00. The summed E-state index contributed by atoms with van der Waals surface area (Å²) in [6, 6.07) is 7.91. The van der Waals surface area contributed by atoms with Crippen molar-refractivity contribution in [1.29, 1.82) is 0 Å². The highest BCUT2D eigenvalue weighted by atomic mass is 32.2. The molecular weight excluding hydrogens is 282 g/mol. The Morgan fingerprint density at radius 3 is 2.48 bits per heavy atom. The molecule has 1 fully saturated rings. The summed E-state index contributed by atoms with van der Waals surface area (Å²) in [7, 11) is 0. The molecule has 2 rings (SSSR count). The van der Waals surface area contributed by atoms with Crippen LogP contribution in [0.3, 0.4) is 0 Å². The molecule has 21 heavy (non-hydrogen) atoms. The predicted octanol–water partition coefficient (Wildman–Crippen LogP) is 3.64. The molecule has 1 aromatic carbocycles. The molecule has 0 heterocycles. The third-order valence-corrected chi connectivity index (χ3v) is 5.99. The van der Waals surface area contributed by atoms with Gasteiger partial charge >= 0.3 is 5.97 Å². The molecule has 1 aliphatic carbocycles. The summed E-state index contributed by atoms with van der Waals surface area (Å²) in [5.41, 5.74) is 2.08. The van der Waals surface area contributed by atoms with Crippen LogP contribution in [-0.2, 0) is 11.3 Å². The Morgan fingerprint density at radius 2 is 1.95 bits per heavy atom. The van der Waals surface area contributed by atoms with Crippen LogP contribution in [0.5, 0.6) is 0 Å². The first-order chi connectivity index (χ1) is 10.1. The maximum atomic E-state index is 11.0. The van der Waals surface area contributed by atoms with Gasteiger partial charge in [0.25, 0.3) is 0 Å². The molecular formula is C17H25NO2S. The Morgan fingerprint density at radius 1 is 1.33 bits per heavy atom. The number of hydrogen-bond donors (Lipinski definition) is 2. The average Bonchev–Trinajstić information content (AvgIpc) is 2.96. The second-order valence-corrected chi connectivity index (χ2v) is 7.27. The molecule has 0 spiro atoms. The Labute approximate surface area is 131 Å². The molecule has 1 aliphatic rings. The minimum absolute atomic E-state index is 0.428. The standard InChI is InChI=1S/C17H25NO2S/c1-13(16(19)20)15-7-5-14(6-8-15)11-18-12-17(21-2)9-3-4-10-17/h5-8,13,18H,3-4,9-12H2,1-2H3,(H,19,20). The number of carboxylic acid groups (broad SMARTS) is 1. The molecule has 0 radical (unpaired) electrons. The van der Waals surface area contributed by atoms with Gasteiger partial charge in [-0.25, -0.2) is 0 Å². The van der Waals surface area contributed by atoms with Gasteiger partial charge in [0.15, 0.2) is 0 Å². The van der Waals surface area contributed by atoms with Crippen molar-refractivity contribution in [3.05, 3.63) is 35.4 Å². The normalized spacial score (nSPS) is 18.6. The molecule has 3 nitrogen and oxygen atoms in total. The van der Waals surface area contributed by atoms with Gasteiger partial charge < -0.3 is 10.4 Å². The summed E-state index contributed by atoms with van der Waals surface area (Å²) in [5, 5.41) is 12.6. The molecule has 0 aliphatic heterocycles. The van der Waals surface area contributed by atoms with E-state index < -0.39 is 11.9 Å². The van der Waals surface area contributed by atoms with Gasteiger partial charge in [-0.05, 0) is 37.1 Å². The molecule has 4 heteroatoms. The van der Waals surface area contributed by atoms with Crippen molar-refractivity contribution in [3.63, 3.8) is 0 Å². The van der Waals surface area contributed by atoms with Crippen LogP contribution in [0, 0.1) is 0 Å². The molecule has 1 saturated carbocycles. The molecule has 2 N–H and O–H groups in total. The van der Waals surface area contributed by atoms with E-state index >= 15 is 0 Å². The predicted molar refractivity (Wildman–Crippen MR) is 88.9 cm³/mol. The number of carboxylic acids is 1. The fourth-order valence-corrected chi connectivity index (χ4v) is 3.92. The number of thioether (sulfide) groups is 1. The summed E-state index contributed by atoms with van der Waals surface area (Å²) in [6.45, 7) is 3.63. The quantitative estimate of drug-likeness (QED) is 0.807. The lowest BCUT2D eigenvalue weighted by Crippen LogP contribution is -2.34. The maximum Gasteiger partial charge on any atom is 0.310 e. The van der Waals surface area contributed by atoms with Crippen molar-refractivity contribution in [3.8, 4) is 0 Å². The molecule has 1 aromatic rings. The first kappa shape index (κ1) is 16.4. The number of hydrogen-bond acceptors (Lipinski definition) is 3. The Balaban J connectivity index is 1.85. The lowest BCUT2D eigenvalue weighted by atomic mass is 10.00. The van der Waals surface area contributed by atoms with Crippen LogP contribution in [0.2, 0.25) is 0 Å². The van der Waals surface area contributed by atoms with Crippen molar-refractivity contribution in [2.45, 2.75) is 49.8 Å². The van der Waals surface area contributed by atoms with Crippen molar-refractivity contribution < 1.29 is 9.90 Å². The lowest BCUT2D eigenvalue weighted by Gasteiger charge is -2.27. The Hall–Kier alpha value is -1.00. The van der Waals surface area contributed by atoms with E-state index in [2.05, 4.69) is 11.6 Å². The Kier molecular flexibility index (Phi) is 5.71. The van der Waals surface area contributed by atoms with E-state index in [4.69, 9.17) is 5.11 Å². The summed E-state index contributed by atoms with van der Waals surface area (Å²) < 4.78 is 0.428. The van der Waals surface area contributed by atoms with Crippen LogP contribution in [0.25, 0.3) is 0 Å². The molecule has 0 bridgehead atoms. The fourth-order valence-electron chi connectivity index (χ4n) is 2.97. The van der Waals surface area contributed by atoms with Crippen LogP contribution in [-0.4, -0.2) is 28.6 Å². The van der Waals surface area contributed by atoms with Crippen molar-refractivity contribution in [1.82, 2.24) is 5.32 Å². The lowest BCUT2D eigenvalue weighted by molar-refractivity contribution is -0.138. The zero-order chi connectivity index (χ0) is 15.3. The van der Waals surface area contributed by atoms with E-state index in [1.165, 1.54) is 31.2 Å². The molecule has 116 valence electrons. The number of aliphatic carboxylic acids is 1. The highest BCUT2D eigenvalue weighted by Crippen LogP contribution is 2.39. The van der Waals surface area contributed by atoms with E-state index in [0.29, 0.717) is 4.75 Å². The van der Waals surface area contributed by atoms with Gasteiger partial charge in [-0.3, -0.25) is 4.79 Å². The van der Waals surface area contributed by atoms with Crippen LogP contribution in [0.1, 0.15) is 49.7 Å². The summed E-state index contributed by atoms with van der Waals surface area (Å²) in [4.78, 5) is 11.0. The van der Waals surface area contributed by atoms with E-state index in [-0.39, 0.29) is 0 Å². The first-order valence-corrected chi connectivity index (χ1v) is 8.86. The van der Waals surface area contributed by atoms with Crippen LogP contribution in [0.4, 0.5) is 0 Å². The minimum atomic E-state index is -0.774. The third-order valence-electron chi connectivity index (χ3n) is 4.57. The summed E-state index contributed by atoms with van der Waals surface area (Å²) >= 11 is 2.00.